The molecular formula is C17H20N2O3S. The number of anilines is 1. The van der Waals surface area contributed by atoms with Crippen molar-refractivity contribution in [2.24, 2.45) is 0 Å². The van der Waals surface area contributed by atoms with Gasteiger partial charge in [-0.15, -0.1) is 0 Å². The molecule has 0 bridgehead atoms. The van der Waals surface area contributed by atoms with Crippen LogP contribution < -0.4 is 10.0 Å². The Morgan fingerprint density at radius 2 is 1.83 bits per heavy atom. The topological polar surface area (TPSA) is 75.3 Å². The molecule has 0 saturated carbocycles. The number of amides is 1. The quantitative estimate of drug-likeness (QED) is 0.884. The SMILES string of the molecule is CCNS(=O)(=O)c1ccc(C)c(C(=O)Nc2cccc(C)c2)c1. The zero-order valence-corrected chi connectivity index (χ0v) is 14.2. The zero-order chi connectivity index (χ0) is 17.0. The molecule has 5 nitrogen and oxygen atoms in total. The van der Waals surface area contributed by atoms with Crippen LogP contribution in [0.5, 0.6) is 0 Å². The molecule has 0 heterocycles. The first-order chi connectivity index (χ1) is 10.8. The summed E-state index contributed by atoms with van der Waals surface area (Å²) in [5, 5.41) is 2.80. The van der Waals surface area contributed by atoms with Crippen molar-refractivity contribution in [1.82, 2.24) is 4.72 Å². The van der Waals surface area contributed by atoms with Crippen LogP contribution in [0.4, 0.5) is 5.69 Å². The molecule has 0 fully saturated rings. The third-order valence-electron chi connectivity index (χ3n) is 3.37. The highest BCUT2D eigenvalue weighted by Crippen LogP contribution is 2.18. The lowest BCUT2D eigenvalue weighted by molar-refractivity contribution is 0.102. The molecule has 2 N–H and O–H groups in total. The average molecular weight is 332 g/mol. The normalized spacial score (nSPS) is 11.3. The highest BCUT2D eigenvalue weighted by molar-refractivity contribution is 7.89. The molecule has 0 aliphatic carbocycles. The third-order valence-corrected chi connectivity index (χ3v) is 4.92. The maximum atomic E-state index is 12.5. The van der Waals surface area contributed by atoms with Gasteiger partial charge in [0.25, 0.3) is 5.91 Å². The lowest BCUT2D eigenvalue weighted by Gasteiger charge is -2.11. The Morgan fingerprint density at radius 1 is 1.09 bits per heavy atom. The Hall–Kier alpha value is -2.18. The van der Waals surface area contributed by atoms with Crippen molar-refractivity contribution < 1.29 is 13.2 Å². The minimum absolute atomic E-state index is 0.0827. The molecule has 2 rings (SSSR count). The van der Waals surface area contributed by atoms with Crippen LogP contribution in [0.15, 0.2) is 47.4 Å². The Kier molecular flexibility index (Phi) is 5.18. The number of hydrogen-bond donors (Lipinski definition) is 2. The van der Waals surface area contributed by atoms with Gasteiger partial charge in [-0.25, -0.2) is 13.1 Å². The number of benzene rings is 2. The summed E-state index contributed by atoms with van der Waals surface area (Å²) in [6.07, 6.45) is 0. The van der Waals surface area contributed by atoms with Gasteiger partial charge in [0.2, 0.25) is 10.0 Å². The maximum Gasteiger partial charge on any atom is 0.255 e. The van der Waals surface area contributed by atoms with Crippen LogP contribution in [-0.4, -0.2) is 20.9 Å². The summed E-state index contributed by atoms with van der Waals surface area (Å²) in [6, 6.07) is 12.0. The van der Waals surface area contributed by atoms with Crippen LogP contribution in [0.25, 0.3) is 0 Å². The predicted molar refractivity (Wildman–Crippen MR) is 91.2 cm³/mol. The molecule has 0 aromatic heterocycles. The van der Waals surface area contributed by atoms with Gasteiger partial charge in [0.15, 0.2) is 0 Å². The summed E-state index contributed by atoms with van der Waals surface area (Å²) in [5.74, 6) is -0.332. The monoisotopic (exact) mass is 332 g/mol. The summed E-state index contributed by atoms with van der Waals surface area (Å²) in [7, 11) is -3.59. The molecule has 0 aliphatic rings. The van der Waals surface area contributed by atoms with Crippen molar-refractivity contribution in [3.8, 4) is 0 Å². The summed E-state index contributed by atoms with van der Waals surface area (Å²) >= 11 is 0. The fourth-order valence-corrected chi connectivity index (χ4v) is 3.27. The van der Waals surface area contributed by atoms with E-state index < -0.39 is 10.0 Å². The van der Waals surface area contributed by atoms with Gasteiger partial charge >= 0.3 is 0 Å². The summed E-state index contributed by atoms with van der Waals surface area (Å²) in [6.45, 7) is 5.71. The molecule has 2 aromatic carbocycles. The Bertz CT molecular complexity index is 829. The van der Waals surface area contributed by atoms with E-state index in [1.165, 1.54) is 12.1 Å². The highest BCUT2D eigenvalue weighted by atomic mass is 32.2. The van der Waals surface area contributed by atoms with Gasteiger partial charge in [0.1, 0.15) is 0 Å². The third kappa shape index (κ3) is 4.18. The van der Waals surface area contributed by atoms with Crippen LogP contribution in [0.1, 0.15) is 28.4 Å². The number of carbonyl (C=O) groups excluding carboxylic acids is 1. The van der Waals surface area contributed by atoms with Gasteiger partial charge in [-0.1, -0.05) is 25.1 Å². The van der Waals surface area contributed by atoms with Crippen molar-refractivity contribution in [2.45, 2.75) is 25.7 Å². The van der Waals surface area contributed by atoms with Crippen molar-refractivity contribution in [2.75, 3.05) is 11.9 Å². The minimum Gasteiger partial charge on any atom is -0.322 e. The Balaban J connectivity index is 2.33. The molecule has 0 spiro atoms. The smallest absolute Gasteiger partial charge is 0.255 e. The van der Waals surface area contributed by atoms with E-state index in [9.17, 15) is 13.2 Å². The minimum atomic E-state index is -3.59. The second kappa shape index (κ2) is 6.93. The number of sulfonamides is 1. The molecule has 0 radical (unpaired) electrons. The van der Waals surface area contributed by atoms with Crippen molar-refractivity contribution in [3.63, 3.8) is 0 Å². The number of carbonyl (C=O) groups is 1. The van der Waals surface area contributed by atoms with Gasteiger partial charge in [-0.3, -0.25) is 4.79 Å². The largest absolute Gasteiger partial charge is 0.322 e. The molecular weight excluding hydrogens is 312 g/mol. The van der Waals surface area contributed by atoms with E-state index in [0.29, 0.717) is 23.4 Å². The molecule has 23 heavy (non-hydrogen) atoms. The predicted octanol–water partition coefficient (Wildman–Crippen LogP) is 2.85. The molecule has 0 saturated heterocycles. The molecule has 6 heteroatoms. The van der Waals surface area contributed by atoms with Gasteiger partial charge in [-0.05, 0) is 49.2 Å². The van der Waals surface area contributed by atoms with Crippen LogP contribution >= 0.6 is 0 Å². The van der Waals surface area contributed by atoms with Crippen molar-refractivity contribution >= 4 is 21.6 Å². The molecule has 0 aliphatic heterocycles. The number of nitrogens with one attached hydrogen (secondary N) is 2. The zero-order valence-electron chi connectivity index (χ0n) is 13.4. The Morgan fingerprint density at radius 3 is 2.48 bits per heavy atom. The standard InChI is InChI=1S/C17H20N2O3S/c1-4-18-23(21,22)15-9-8-13(3)16(11-15)17(20)19-14-7-5-6-12(2)10-14/h5-11,18H,4H2,1-3H3,(H,19,20). The van der Waals surface area contributed by atoms with Gasteiger partial charge in [0.05, 0.1) is 4.90 Å². The molecule has 0 atom stereocenters. The first-order valence-electron chi connectivity index (χ1n) is 7.32. The van der Waals surface area contributed by atoms with E-state index in [1.54, 1.807) is 26.0 Å². The van der Waals surface area contributed by atoms with E-state index in [1.807, 2.05) is 25.1 Å². The summed E-state index contributed by atoms with van der Waals surface area (Å²) in [4.78, 5) is 12.5. The lowest BCUT2D eigenvalue weighted by atomic mass is 10.1. The van der Waals surface area contributed by atoms with Crippen LogP contribution in [0.3, 0.4) is 0 Å². The van der Waals surface area contributed by atoms with Gasteiger partial charge in [0, 0.05) is 17.8 Å². The van der Waals surface area contributed by atoms with Gasteiger partial charge < -0.3 is 5.32 Å². The number of aryl methyl sites for hydroxylation is 2. The molecule has 1 amide bonds. The molecule has 122 valence electrons. The summed E-state index contributed by atoms with van der Waals surface area (Å²) in [5.41, 5.74) is 2.76. The second-order valence-corrected chi connectivity index (χ2v) is 7.07. The van der Waals surface area contributed by atoms with E-state index in [4.69, 9.17) is 0 Å². The Labute approximate surface area is 136 Å². The highest BCUT2D eigenvalue weighted by Gasteiger charge is 2.17. The van der Waals surface area contributed by atoms with E-state index >= 15 is 0 Å². The lowest BCUT2D eigenvalue weighted by Crippen LogP contribution is -2.24. The van der Waals surface area contributed by atoms with Crippen LogP contribution in [0, 0.1) is 13.8 Å². The van der Waals surface area contributed by atoms with E-state index in [-0.39, 0.29) is 10.8 Å². The number of hydrogen-bond acceptors (Lipinski definition) is 3. The van der Waals surface area contributed by atoms with Crippen molar-refractivity contribution in [3.05, 3.63) is 59.2 Å². The summed E-state index contributed by atoms with van der Waals surface area (Å²) < 4.78 is 26.6. The van der Waals surface area contributed by atoms with Crippen LogP contribution in [-0.2, 0) is 10.0 Å². The molecule has 0 unspecified atom stereocenters. The fraction of sp³-hybridized carbons (Fsp3) is 0.235. The van der Waals surface area contributed by atoms with Crippen molar-refractivity contribution in [1.29, 1.82) is 0 Å². The number of rotatable bonds is 5. The second-order valence-electron chi connectivity index (χ2n) is 5.30. The van der Waals surface area contributed by atoms with E-state index in [0.717, 1.165) is 5.56 Å². The van der Waals surface area contributed by atoms with E-state index in [2.05, 4.69) is 10.0 Å². The van der Waals surface area contributed by atoms with Gasteiger partial charge in [-0.2, -0.15) is 0 Å². The average Bonchev–Trinajstić information content (AvgIpc) is 2.47. The first kappa shape index (κ1) is 17.2. The first-order valence-corrected chi connectivity index (χ1v) is 8.80. The fourth-order valence-electron chi connectivity index (χ4n) is 2.21. The molecule has 2 aromatic rings. The van der Waals surface area contributed by atoms with Crippen LogP contribution in [0.2, 0.25) is 0 Å². The maximum absolute atomic E-state index is 12.5.